The van der Waals surface area contributed by atoms with Crippen molar-refractivity contribution >= 4 is 11.6 Å². The number of likely N-dealkylation sites (N-methyl/N-ethyl adjacent to an activating group) is 1. The topological polar surface area (TPSA) is 60.5 Å². The minimum absolute atomic E-state index is 0.0193. The van der Waals surface area contributed by atoms with Crippen molar-refractivity contribution in [2.75, 3.05) is 26.4 Å². The van der Waals surface area contributed by atoms with Gasteiger partial charge in [-0.3, -0.25) is 4.79 Å². The van der Waals surface area contributed by atoms with E-state index < -0.39 is 0 Å². The Morgan fingerprint density at radius 1 is 1.61 bits per heavy atom. The lowest BCUT2D eigenvalue weighted by Crippen LogP contribution is -2.35. The van der Waals surface area contributed by atoms with Crippen LogP contribution in [0.4, 0.5) is 5.69 Å². The van der Waals surface area contributed by atoms with Gasteiger partial charge in [0, 0.05) is 33.4 Å². The summed E-state index contributed by atoms with van der Waals surface area (Å²) in [4.78, 5) is 14.0. The molecule has 18 heavy (non-hydrogen) atoms. The normalized spacial score (nSPS) is 12.4. The Balaban J connectivity index is 2.82. The lowest BCUT2D eigenvalue weighted by molar-refractivity contribution is 0.0591. The average molecular weight is 253 g/mol. The van der Waals surface area contributed by atoms with Gasteiger partial charge in [-0.2, -0.15) is 0 Å². The third kappa shape index (κ3) is 3.50. The molecule has 1 aromatic heterocycles. The fourth-order valence-corrected chi connectivity index (χ4v) is 1.88. The van der Waals surface area contributed by atoms with Crippen LogP contribution < -0.4 is 5.73 Å². The maximum absolute atomic E-state index is 12.3. The molecule has 0 aromatic carbocycles. The number of hydrogen-bond acceptors (Lipinski definition) is 3. The number of rotatable bonds is 6. The highest BCUT2D eigenvalue weighted by Crippen LogP contribution is 2.13. The van der Waals surface area contributed by atoms with Gasteiger partial charge in [0.15, 0.2) is 0 Å². The number of hydrogen-bond donors (Lipinski definition) is 1. The number of carbonyl (C=O) groups is 1. The monoisotopic (exact) mass is 253 g/mol. The van der Waals surface area contributed by atoms with Crippen LogP contribution in [-0.2, 0) is 11.3 Å². The van der Waals surface area contributed by atoms with Crippen LogP contribution in [0, 0.1) is 0 Å². The quantitative estimate of drug-likeness (QED) is 0.837. The van der Waals surface area contributed by atoms with E-state index in [-0.39, 0.29) is 12.0 Å². The van der Waals surface area contributed by atoms with Gasteiger partial charge >= 0.3 is 0 Å². The maximum Gasteiger partial charge on any atom is 0.270 e. The van der Waals surface area contributed by atoms with Crippen molar-refractivity contribution in [3.63, 3.8) is 0 Å². The van der Waals surface area contributed by atoms with E-state index in [0.29, 0.717) is 17.9 Å². The molecule has 5 heteroatoms. The van der Waals surface area contributed by atoms with Gasteiger partial charge < -0.3 is 19.9 Å². The highest BCUT2D eigenvalue weighted by atomic mass is 16.5. The molecule has 5 nitrogen and oxygen atoms in total. The Hall–Kier alpha value is -1.49. The number of amides is 1. The third-order valence-electron chi connectivity index (χ3n) is 2.88. The van der Waals surface area contributed by atoms with E-state index in [9.17, 15) is 4.79 Å². The number of nitrogens with two attached hydrogens (primary N) is 1. The third-order valence-corrected chi connectivity index (χ3v) is 2.88. The molecule has 2 N–H and O–H groups in total. The van der Waals surface area contributed by atoms with Gasteiger partial charge in [0.2, 0.25) is 0 Å². The van der Waals surface area contributed by atoms with E-state index in [1.165, 1.54) is 0 Å². The van der Waals surface area contributed by atoms with Crippen LogP contribution in [0.3, 0.4) is 0 Å². The van der Waals surface area contributed by atoms with E-state index in [4.69, 9.17) is 10.5 Å². The first-order valence-corrected chi connectivity index (χ1v) is 6.23. The summed E-state index contributed by atoms with van der Waals surface area (Å²) in [5.74, 6) is -0.0240. The Morgan fingerprint density at radius 3 is 2.83 bits per heavy atom. The van der Waals surface area contributed by atoms with Crippen molar-refractivity contribution in [1.29, 1.82) is 0 Å². The van der Waals surface area contributed by atoms with Crippen LogP contribution >= 0.6 is 0 Å². The molecule has 0 spiro atoms. The summed E-state index contributed by atoms with van der Waals surface area (Å²) in [5.41, 5.74) is 7.02. The van der Waals surface area contributed by atoms with E-state index in [0.717, 1.165) is 13.0 Å². The van der Waals surface area contributed by atoms with E-state index in [1.807, 2.05) is 17.7 Å². The Bertz CT molecular complexity index is 401. The van der Waals surface area contributed by atoms with E-state index >= 15 is 0 Å². The molecule has 1 rings (SSSR count). The second-order valence-electron chi connectivity index (χ2n) is 4.58. The van der Waals surface area contributed by atoms with Gasteiger partial charge in [0.25, 0.3) is 5.91 Å². The molecule has 1 atom stereocenters. The smallest absolute Gasteiger partial charge is 0.270 e. The maximum atomic E-state index is 12.3. The molecule has 1 heterocycles. The number of nitrogens with zero attached hydrogens (tertiary/aromatic N) is 2. The first-order valence-electron chi connectivity index (χ1n) is 6.23. The first-order chi connectivity index (χ1) is 8.49. The van der Waals surface area contributed by atoms with Gasteiger partial charge in [-0.05, 0) is 19.4 Å². The summed E-state index contributed by atoms with van der Waals surface area (Å²) in [6.45, 7) is 5.36. The van der Waals surface area contributed by atoms with Crippen molar-refractivity contribution in [2.24, 2.45) is 0 Å². The molecule has 0 bridgehead atoms. The van der Waals surface area contributed by atoms with Crippen LogP contribution in [0.5, 0.6) is 0 Å². The van der Waals surface area contributed by atoms with Gasteiger partial charge in [-0.25, -0.2) is 0 Å². The van der Waals surface area contributed by atoms with Crippen LogP contribution in [-0.4, -0.2) is 42.2 Å². The molecule has 1 unspecified atom stereocenters. The van der Waals surface area contributed by atoms with Crippen LogP contribution in [0.15, 0.2) is 12.3 Å². The largest absolute Gasteiger partial charge is 0.397 e. The summed E-state index contributed by atoms with van der Waals surface area (Å²) in [6.07, 6.45) is 2.79. The second-order valence-corrected chi connectivity index (χ2v) is 4.58. The average Bonchev–Trinajstić information content (AvgIpc) is 2.69. The number of ether oxygens (including phenoxy) is 1. The summed E-state index contributed by atoms with van der Waals surface area (Å²) < 4.78 is 7.07. The molecular formula is C13H23N3O2. The number of carbonyl (C=O) groups excluding carboxylic acids is 1. The minimum atomic E-state index is -0.0240. The van der Waals surface area contributed by atoms with E-state index in [1.54, 1.807) is 25.1 Å². The highest BCUT2D eigenvalue weighted by molar-refractivity contribution is 5.93. The lowest BCUT2D eigenvalue weighted by Gasteiger charge is -2.21. The molecule has 0 aliphatic rings. The lowest BCUT2D eigenvalue weighted by atomic mass is 10.3. The summed E-state index contributed by atoms with van der Waals surface area (Å²) in [5, 5.41) is 0. The Kier molecular flexibility index (Phi) is 5.22. The summed E-state index contributed by atoms with van der Waals surface area (Å²) in [7, 11) is 3.41. The number of anilines is 1. The van der Waals surface area contributed by atoms with Crippen LogP contribution in [0.2, 0.25) is 0 Å². The SMILES string of the molecule is CCCn1cc(N)cc1C(=O)N(C)CC(C)OC. The van der Waals surface area contributed by atoms with Crippen LogP contribution in [0.1, 0.15) is 30.8 Å². The molecule has 0 fully saturated rings. The van der Waals surface area contributed by atoms with Crippen molar-refractivity contribution in [2.45, 2.75) is 32.9 Å². The molecule has 0 aliphatic heterocycles. The van der Waals surface area contributed by atoms with Gasteiger partial charge in [0.05, 0.1) is 11.8 Å². The molecule has 1 amide bonds. The van der Waals surface area contributed by atoms with Gasteiger partial charge in [-0.15, -0.1) is 0 Å². The van der Waals surface area contributed by atoms with E-state index in [2.05, 4.69) is 6.92 Å². The fraction of sp³-hybridized carbons (Fsp3) is 0.615. The first kappa shape index (κ1) is 14.6. The zero-order valence-electron chi connectivity index (χ0n) is 11.6. The van der Waals surface area contributed by atoms with Crippen molar-refractivity contribution < 1.29 is 9.53 Å². The Labute approximate surface area is 109 Å². The zero-order valence-corrected chi connectivity index (χ0v) is 11.6. The molecule has 102 valence electrons. The number of methoxy groups -OCH3 is 1. The van der Waals surface area contributed by atoms with Gasteiger partial charge in [0.1, 0.15) is 5.69 Å². The van der Waals surface area contributed by atoms with Crippen molar-refractivity contribution in [1.82, 2.24) is 9.47 Å². The predicted octanol–water partition coefficient (Wildman–Crippen LogP) is 1.59. The molecular weight excluding hydrogens is 230 g/mol. The highest BCUT2D eigenvalue weighted by Gasteiger charge is 2.18. The summed E-state index contributed by atoms with van der Waals surface area (Å²) >= 11 is 0. The fourth-order valence-electron chi connectivity index (χ4n) is 1.88. The molecule has 0 aliphatic carbocycles. The zero-order chi connectivity index (χ0) is 13.7. The van der Waals surface area contributed by atoms with Crippen LogP contribution in [0.25, 0.3) is 0 Å². The molecule has 1 aromatic rings. The number of aryl methyl sites for hydroxylation is 1. The second kappa shape index (κ2) is 6.44. The minimum Gasteiger partial charge on any atom is -0.397 e. The number of nitrogen functional groups attached to an aromatic ring is 1. The molecule has 0 radical (unpaired) electrons. The molecule has 0 saturated carbocycles. The van der Waals surface area contributed by atoms with Crippen molar-refractivity contribution in [3.05, 3.63) is 18.0 Å². The molecule has 0 saturated heterocycles. The van der Waals surface area contributed by atoms with Gasteiger partial charge in [-0.1, -0.05) is 6.92 Å². The standard InChI is InChI=1S/C13H23N3O2/c1-5-6-16-9-11(14)7-12(16)13(17)15(3)8-10(2)18-4/h7,9-10H,5-6,8,14H2,1-4H3. The Morgan fingerprint density at radius 2 is 2.28 bits per heavy atom. The summed E-state index contributed by atoms with van der Waals surface area (Å²) in [6, 6.07) is 1.73. The predicted molar refractivity (Wildman–Crippen MR) is 72.6 cm³/mol. The number of aromatic nitrogens is 1. The van der Waals surface area contributed by atoms with Crippen molar-refractivity contribution in [3.8, 4) is 0 Å².